The molecule has 0 aromatic heterocycles. The summed E-state index contributed by atoms with van der Waals surface area (Å²) in [7, 11) is 0. The maximum Gasteiger partial charge on any atom is 0.336 e. The van der Waals surface area contributed by atoms with Gasteiger partial charge in [0.25, 0.3) is 5.91 Å². The zero-order valence-corrected chi connectivity index (χ0v) is 24.6. The van der Waals surface area contributed by atoms with Crippen molar-refractivity contribution in [3.05, 3.63) is 70.7 Å². The van der Waals surface area contributed by atoms with Crippen LogP contribution in [-0.2, 0) is 14.3 Å². The molecule has 41 heavy (non-hydrogen) atoms. The number of nitrogens with one attached hydrogen (secondary N) is 1. The second kappa shape index (κ2) is 12.6. The summed E-state index contributed by atoms with van der Waals surface area (Å²) in [5.41, 5.74) is 1.19. The van der Waals surface area contributed by atoms with E-state index < -0.39 is 29.5 Å². The van der Waals surface area contributed by atoms with Crippen molar-refractivity contribution >= 4 is 51.5 Å². The van der Waals surface area contributed by atoms with Crippen molar-refractivity contribution in [1.82, 2.24) is 0 Å². The number of hydrogen-bond donors (Lipinski definition) is 3. The fraction of sp³-hybridized carbons (Fsp3) is 0.406. The summed E-state index contributed by atoms with van der Waals surface area (Å²) >= 11 is 6.39. The number of carboxylic acids is 1. The molecule has 8 nitrogen and oxygen atoms in total. The highest BCUT2D eigenvalue weighted by Crippen LogP contribution is 2.41. The van der Waals surface area contributed by atoms with Crippen molar-refractivity contribution < 1.29 is 29.3 Å². The number of fused-ring (bicyclic) bond motifs is 2. The topological polar surface area (TPSA) is 116 Å². The van der Waals surface area contributed by atoms with Crippen molar-refractivity contribution in [2.45, 2.75) is 59.2 Å². The van der Waals surface area contributed by atoms with Gasteiger partial charge in [-0.1, -0.05) is 70.0 Å². The highest BCUT2D eigenvalue weighted by molar-refractivity contribution is 6.30. The van der Waals surface area contributed by atoms with Crippen LogP contribution in [0.2, 0.25) is 5.02 Å². The van der Waals surface area contributed by atoms with Gasteiger partial charge in [0.15, 0.2) is 0 Å². The Hall–Kier alpha value is -3.46. The number of aliphatic hydroxyl groups is 1. The van der Waals surface area contributed by atoms with Crippen molar-refractivity contribution in [3.8, 4) is 0 Å². The van der Waals surface area contributed by atoms with Gasteiger partial charge in [0.2, 0.25) is 5.91 Å². The van der Waals surface area contributed by atoms with Gasteiger partial charge in [-0.05, 0) is 53.4 Å². The number of aliphatic hydroxyl groups excluding tert-OH is 1. The number of carbonyl (C=O) groups is 3. The molecule has 0 saturated carbocycles. The van der Waals surface area contributed by atoms with Crippen LogP contribution in [0.15, 0.2) is 54.6 Å². The molecule has 3 aromatic rings. The molecule has 0 bridgehead atoms. The molecule has 4 rings (SSSR count). The maximum atomic E-state index is 14.0. The van der Waals surface area contributed by atoms with Gasteiger partial charge >= 0.3 is 5.97 Å². The molecular formula is C32H37ClN2O6. The van der Waals surface area contributed by atoms with E-state index in [0.29, 0.717) is 33.6 Å². The smallest absolute Gasteiger partial charge is 0.336 e. The van der Waals surface area contributed by atoms with Crippen LogP contribution >= 0.6 is 11.6 Å². The van der Waals surface area contributed by atoms with E-state index in [4.69, 9.17) is 16.3 Å². The van der Waals surface area contributed by atoms with Crippen LogP contribution in [0.1, 0.15) is 69.0 Å². The second-order valence-electron chi connectivity index (χ2n) is 11.6. The number of halogens is 1. The lowest BCUT2D eigenvalue weighted by molar-refractivity contribution is -0.138. The maximum absolute atomic E-state index is 14.0. The van der Waals surface area contributed by atoms with Crippen molar-refractivity contribution in [1.29, 1.82) is 0 Å². The Morgan fingerprint density at radius 1 is 1.12 bits per heavy atom. The first-order chi connectivity index (χ1) is 19.4. The first kappa shape index (κ1) is 30.5. The zero-order valence-electron chi connectivity index (χ0n) is 23.8. The number of nitrogens with zero attached hydrogens (tertiary/aromatic N) is 1. The molecule has 1 aliphatic heterocycles. The quantitative estimate of drug-likeness (QED) is 0.254. The number of anilines is 2. The van der Waals surface area contributed by atoms with E-state index in [2.05, 4.69) is 19.2 Å². The average Bonchev–Trinajstić information content (AvgIpc) is 3.02. The molecule has 3 aromatic carbocycles. The largest absolute Gasteiger partial charge is 0.478 e. The fourth-order valence-electron chi connectivity index (χ4n) is 5.08. The summed E-state index contributed by atoms with van der Waals surface area (Å²) in [5, 5.41) is 24.2. The van der Waals surface area contributed by atoms with Crippen LogP contribution in [0.3, 0.4) is 0 Å². The van der Waals surface area contributed by atoms with Crippen molar-refractivity contribution in [2.24, 2.45) is 11.3 Å². The number of aromatic carboxylic acids is 1. The molecule has 0 fully saturated rings. The predicted molar refractivity (Wildman–Crippen MR) is 161 cm³/mol. The Labute approximate surface area is 245 Å². The first-order valence-corrected chi connectivity index (χ1v) is 14.2. The monoisotopic (exact) mass is 580 g/mol. The van der Waals surface area contributed by atoms with Gasteiger partial charge in [-0.25, -0.2) is 4.79 Å². The SMILES string of the molecule is CCC(C)C[C@@H]1O[C@H](CC(=O)Nc2cc(C(=O)O)c3ccccc3c2)C(=O)N(CC(C)(C)CO)c2ccc(Cl)cc21. The standard InChI is InChI=1S/C32H37ClN2O6/c1-5-19(2)12-27-25-14-21(33)10-11-26(25)35(17-32(3,4)18-36)30(38)28(41-27)16-29(37)34-22-13-20-8-6-7-9-23(20)24(15-22)31(39)40/h6-11,13-15,19,27-28,36H,5,12,16-18H2,1-4H3,(H,34,37)(H,39,40)/t19?,27-,28+/m0/s1. The molecule has 9 heteroatoms. The Bertz CT molecular complexity index is 1460. The first-order valence-electron chi connectivity index (χ1n) is 13.9. The van der Waals surface area contributed by atoms with Gasteiger partial charge in [0.1, 0.15) is 6.10 Å². The van der Waals surface area contributed by atoms with Crippen LogP contribution in [0.25, 0.3) is 10.8 Å². The molecule has 2 amide bonds. The van der Waals surface area contributed by atoms with Crippen LogP contribution < -0.4 is 10.2 Å². The summed E-state index contributed by atoms with van der Waals surface area (Å²) in [6, 6.07) is 15.5. The van der Waals surface area contributed by atoms with E-state index in [1.807, 2.05) is 13.8 Å². The number of rotatable bonds is 10. The minimum absolute atomic E-state index is 0.0681. The number of ether oxygens (including phenoxy) is 1. The Morgan fingerprint density at radius 3 is 2.54 bits per heavy atom. The number of hydrogen-bond acceptors (Lipinski definition) is 5. The number of carboxylic acid groups (broad SMARTS) is 1. The Balaban J connectivity index is 1.68. The molecule has 1 heterocycles. The predicted octanol–water partition coefficient (Wildman–Crippen LogP) is 6.45. The number of carbonyl (C=O) groups excluding carboxylic acids is 2. The van der Waals surface area contributed by atoms with Gasteiger partial charge < -0.3 is 25.2 Å². The van der Waals surface area contributed by atoms with Crippen LogP contribution in [0, 0.1) is 11.3 Å². The number of amides is 2. The summed E-state index contributed by atoms with van der Waals surface area (Å²) in [6.45, 7) is 7.98. The molecule has 1 unspecified atom stereocenters. The third kappa shape index (κ3) is 7.07. The second-order valence-corrected chi connectivity index (χ2v) is 12.1. The van der Waals surface area contributed by atoms with Crippen LogP contribution in [0.5, 0.6) is 0 Å². The fourth-order valence-corrected chi connectivity index (χ4v) is 5.26. The van der Waals surface area contributed by atoms with Gasteiger partial charge in [0, 0.05) is 40.5 Å². The van der Waals surface area contributed by atoms with E-state index in [9.17, 15) is 24.6 Å². The highest BCUT2D eigenvalue weighted by Gasteiger charge is 2.39. The van der Waals surface area contributed by atoms with Gasteiger partial charge in [0.05, 0.1) is 18.1 Å². The van der Waals surface area contributed by atoms with Crippen molar-refractivity contribution in [3.63, 3.8) is 0 Å². The molecule has 0 radical (unpaired) electrons. The summed E-state index contributed by atoms with van der Waals surface area (Å²) in [5.74, 6) is -1.70. The summed E-state index contributed by atoms with van der Waals surface area (Å²) in [6.07, 6.45) is -0.336. The normalized spacial score (nSPS) is 18.1. The molecule has 3 atom stereocenters. The van der Waals surface area contributed by atoms with Crippen LogP contribution in [0.4, 0.5) is 11.4 Å². The molecule has 1 aliphatic rings. The molecule has 0 aliphatic carbocycles. The van der Waals surface area contributed by atoms with E-state index in [1.54, 1.807) is 53.4 Å². The third-order valence-electron chi connectivity index (χ3n) is 7.57. The molecule has 0 saturated heterocycles. The van der Waals surface area contributed by atoms with E-state index in [0.717, 1.165) is 12.0 Å². The minimum atomic E-state index is -1.11. The highest BCUT2D eigenvalue weighted by atomic mass is 35.5. The minimum Gasteiger partial charge on any atom is -0.478 e. The van der Waals surface area contributed by atoms with Crippen LogP contribution in [-0.4, -0.2) is 47.3 Å². The van der Waals surface area contributed by atoms with E-state index in [-0.39, 0.29) is 37.0 Å². The lowest BCUT2D eigenvalue weighted by Crippen LogP contribution is -2.46. The summed E-state index contributed by atoms with van der Waals surface area (Å²) in [4.78, 5) is 40.9. The molecular weight excluding hydrogens is 544 g/mol. The molecule has 218 valence electrons. The Morgan fingerprint density at radius 2 is 1.85 bits per heavy atom. The van der Waals surface area contributed by atoms with Crippen molar-refractivity contribution in [2.75, 3.05) is 23.4 Å². The third-order valence-corrected chi connectivity index (χ3v) is 7.81. The average molecular weight is 581 g/mol. The molecule has 0 spiro atoms. The van der Waals surface area contributed by atoms with E-state index in [1.165, 1.54) is 6.07 Å². The lowest BCUT2D eigenvalue weighted by atomic mass is 9.92. The zero-order chi connectivity index (χ0) is 29.9. The van der Waals surface area contributed by atoms with Gasteiger partial charge in [-0.15, -0.1) is 0 Å². The summed E-state index contributed by atoms with van der Waals surface area (Å²) < 4.78 is 6.43. The van der Waals surface area contributed by atoms with E-state index >= 15 is 0 Å². The number of benzene rings is 3. The lowest BCUT2D eigenvalue weighted by Gasteiger charge is -2.32. The van der Waals surface area contributed by atoms with Gasteiger partial charge in [-0.2, -0.15) is 0 Å². The van der Waals surface area contributed by atoms with Gasteiger partial charge in [-0.3, -0.25) is 9.59 Å². The Kier molecular flexibility index (Phi) is 9.37. The molecule has 3 N–H and O–H groups in total.